The maximum absolute atomic E-state index is 12.3. The van der Waals surface area contributed by atoms with Gasteiger partial charge in [-0.15, -0.1) is 0 Å². The lowest BCUT2D eigenvalue weighted by atomic mass is 10.1. The van der Waals surface area contributed by atoms with E-state index in [1.54, 1.807) is 0 Å². The highest BCUT2D eigenvalue weighted by atomic mass is 19.4. The van der Waals surface area contributed by atoms with Gasteiger partial charge in [-0.1, -0.05) is 0 Å². The number of nitrogen functional groups attached to an aromatic ring is 1. The number of benzene rings is 1. The first-order chi connectivity index (χ1) is 6.86. The Morgan fingerprint density at radius 1 is 1.40 bits per heavy atom. The molecule has 0 saturated heterocycles. The first-order valence-corrected chi connectivity index (χ1v) is 3.96. The van der Waals surface area contributed by atoms with E-state index in [0.717, 1.165) is 18.2 Å². The highest BCUT2D eigenvalue weighted by Gasteiger charge is 2.31. The summed E-state index contributed by atoms with van der Waals surface area (Å²) in [7, 11) is 1.30. The van der Waals surface area contributed by atoms with Crippen LogP contribution in [0.4, 0.5) is 13.2 Å². The van der Waals surface area contributed by atoms with Crippen LogP contribution >= 0.6 is 0 Å². The number of nitrogens with one attached hydrogen (secondary N) is 1. The van der Waals surface area contributed by atoms with E-state index in [1.807, 2.05) is 0 Å². The summed E-state index contributed by atoms with van der Waals surface area (Å²) < 4.78 is 41.7. The van der Waals surface area contributed by atoms with Gasteiger partial charge in [-0.05, 0) is 18.2 Å². The van der Waals surface area contributed by atoms with Crippen molar-refractivity contribution in [2.75, 3.05) is 7.11 Å². The fraction of sp³-hybridized carbons (Fsp3) is 0.222. The lowest BCUT2D eigenvalue weighted by Gasteiger charge is -2.11. The van der Waals surface area contributed by atoms with E-state index in [0.29, 0.717) is 0 Å². The number of halogens is 3. The van der Waals surface area contributed by atoms with Crippen LogP contribution in [-0.4, -0.2) is 12.9 Å². The second-order valence-corrected chi connectivity index (χ2v) is 2.83. The monoisotopic (exact) mass is 218 g/mol. The van der Waals surface area contributed by atoms with Crippen LogP contribution in [-0.2, 0) is 6.18 Å². The molecule has 0 radical (unpaired) electrons. The largest absolute Gasteiger partial charge is 0.496 e. The van der Waals surface area contributed by atoms with Crippen molar-refractivity contribution in [3.63, 3.8) is 0 Å². The maximum Gasteiger partial charge on any atom is 0.416 e. The molecule has 0 spiro atoms. The van der Waals surface area contributed by atoms with Gasteiger partial charge in [0.2, 0.25) is 0 Å². The van der Waals surface area contributed by atoms with Crippen LogP contribution in [0.2, 0.25) is 0 Å². The predicted molar refractivity (Wildman–Crippen MR) is 49.0 cm³/mol. The van der Waals surface area contributed by atoms with Crippen LogP contribution in [0.3, 0.4) is 0 Å². The van der Waals surface area contributed by atoms with Crippen molar-refractivity contribution < 1.29 is 17.9 Å². The Kier molecular flexibility index (Phi) is 2.88. The van der Waals surface area contributed by atoms with Gasteiger partial charge in [-0.25, -0.2) is 0 Å². The second kappa shape index (κ2) is 3.80. The molecule has 1 aromatic carbocycles. The molecule has 0 aliphatic rings. The smallest absolute Gasteiger partial charge is 0.416 e. The number of methoxy groups -OCH3 is 1. The zero-order chi connectivity index (χ0) is 11.6. The third kappa shape index (κ3) is 2.39. The van der Waals surface area contributed by atoms with Crippen molar-refractivity contribution >= 4 is 5.84 Å². The zero-order valence-electron chi connectivity index (χ0n) is 7.85. The Labute approximate surface area is 84.2 Å². The quantitative estimate of drug-likeness (QED) is 0.589. The molecule has 82 valence electrons. The molecule has 0 aliphatic heterocycles. The first kappa shape index (κ1) is 11.4. The Hall–Kier alpha value is -1.72. The molecule has 1 aromatic rings. The van der Waals surface area contributed by atoms with Gasteiger partial charge in [0.15, 0.2) is 0 Å². The van der Waals surface area contributed by atoms with E-state index in [4.69, 9.17) is 15.9 Å². The summed E-state index contributed by atoms with van der Waals surface area (Å²) >= 11 is 0. The molecule has 3 nitrogen and oxygen atoms in total. The number of nitrogens with two attached hydrogens (primary N) is 1. The van der Waals surface area contributed by atoms with Crippen LogP contribution in [0.1, 0.15) is 11.1 Å². The van der Waals surface area contributed by atoms with E-state index in [-0.39, 0.29) is 11.3 Å². The summed E-state index contributed by atoms with van der Waals surface area (Å²) in [6, 6.07) is 2.81. The molecule has 0 unspecified atom stereocenters. The van der Waals surface area contributed by atoms with Crippen molar-refractivity contribution in [1.82, 2.24) is 0 Å². The summed E-state index contributed by atoms with van der Waals surface area (Å²) in [5.41, 5.74) is 4.22. The van der Waals surface area contributed by atoms with Gasteiger partial charge in [0, 0.05) is 0 Å². The van der Waals surface area contributed by atoms with Crippen LogP contribution in [0.15, 0.2) is 18.2 Å². The maximum atomic E-state index is 12.3. The molecule has 3 N–H and O–H groups in total. The SMILES string of the molecule is COc1ccc(C(F)(F)F)cc1C(=N)N. The van der Waals surface area contributed by atoms with Gasteiger partial charge in [-0.2, -0.15) is 13.2 Å². The fourth-order valence-corrected chi connectivity index (χ4v) is 1.09. The summed E-state index contributed by atoms with van der Waals surface area (Å²) in [5, 5.41) is 7.11. The van der Waals surface area contributed by atoms with Crippen LogP contribution in [0, 0.1) is 5.41 Å². The summed E-state index contributed by atoms with van der Waals surface area (Å²) in [6.45, 7) is 0. The van der Waals surface area contributed by atoms with Gasteiger partial charge in [-0.3, -0.25) is 5.41 Å². The van der Waals surface area contributed by atoms with Gasteiger partial charge in [0.25, 0.3) is 0 Å². The minimum absolute atomic E-state index is 0.0627. The van der Waals surface area contributed by atoms with Gasteiger partial charge >= 0.3 is 6.18 Å². The standard InChI is InChI=1S/C9H9F3N2O/c1-15-7-3-2-5(9(10,11)12)4-6(7)8(13)14/h2-4H,1H3,(H3,13,14). The van der Waals surface area contributed by atoms with E-state index < -0.39 is 17.6 Å². The minimum atomic E-state index is -4.45. The second-order valence-electron chi connectivity index (χ2n) is 2.83. The number of hydrogen-bond acceptors (Lipinski definition) is 2. The Bertz CT molecular complexity index is 387. The molecule has 0 amide bonds. The van der Waals surface area contributed by atoms with Gasteiger partial charge in [0.05, 0.1) is 18.2 Å². The molecule has 0 fully saturated rings. The van der Waals surface area contributed by atoms with Crippen molar-refractivity contribution in [1.29, 1.82) is 5.41 Å². The number of amidine groups is 1. The average molecular weight is 218 g/mol. The average Bonchev–Trinajstić information content (AvgIpc) is 2.15. The number of hydrogen-bond donors (Lipinski definition) is 2. The molecule has 0 heterocycles. The molecule has 0 atom stereocenters. The van der Waals surface area contributed by atoms with Gasteiger partial charge in [0.1, 0.15) is 11.6 Å². The molecule has 0 aromatic heterocycles. The molecular formula is C9H9F3N2O. The van der Waals surface area contributed by atoms with Crippen LogP contribution in [0.25, 0.3) is 0 Å². The molecule has 15 heavy (non-hydrogen) atoms. The van der Waals surface area contributed by atoms with E-state index >= 15 is 0 Å². The summed E-state index contributed by atoms with van der Waals surface area (Å²) in [5.74, 6) is -0.312. The Morgan fingerprint density at radius 2 is 2.00 bits per heavy atom. The highest BCUT2D eigenvalue weighted by molar-refractivity contribution is 5.97. The van der Waals surface area contributed by atoms with Crippen molar-refractivity contribution in [3.8, 4) is 5.75 Å². The van der Waals surface area contributed by atoms with Crippen LogP contribution in [0.5, 0.6) is 5.75 Å². The summed E-state index contributed by atoms with van der Waals surface area (Å²) in [4.78, 5) is 0. The van der Waals surface area contributed by atoms with E-state index in [1.165, 1.54) is 7.11 Å². The van der Waals surface area contributed by atoms with Crippen LogP contribution < -0.4 is 10.5 Å². The molecule has 0 aliphatic carbocycles. The summed E-state index contributed by atoms with van der Waals surface area (Å²) in [6.07, 6.45) is -4.45. The number of rotatable bonds is 2. The number of alkyl halides is 3. The lowest BCUT2D eigenvalue weighted by molar-refractivity contribution is -0.137. The van der Waals surface area contributed by atoms with Crippen molar-refractivity contribution in [2.24, 2.45) is 5.73 Å². The third-order valence-electron chi connectivity index (χ3n) is 1.82. The van der Waals surface area contributed by atoms with Crippen molar-refractivity contribution in [3.05, 3.63) is 29.3 Å². The Morgan fingerprint density at radius 3 is 2.40 bits per heavy atom. The first-order valence-electron chi connectivity index (χ1n) is 3.96. The minimum Gasteiger partial charge on any atom is -0.496 e. The Balaban J connectivity index is 3.28. The molecule has 6 heteroatoms. The van der Waals surface area contributed by atoms with Crippen molar-refractivity contribution in [2.45, 2.75) is 6.18 Å². The lowest BCUT2D eigenvalue weighted by Crippen LogP contribution is -2.15. The number of ether oxygens (including phenoxy) is 1. The van der Waals surface area contributed by atoms with E-state index in [2.05, 4.69) is 0 Å². The molecular weight excluding hydrogens is 209 g/mol. The third-order valence-corrected chi connectivity index (χ3v) is 1.82. The molecule has 1 rings (SSSR count). The van der Waals surface area contributed by atoms with E-state index in [9.17, 15) is 13.2 Å². The topological polar surface area (TPSA) is 59.1 Å². The molecule has 0 saturated carbocycles. The normalized spacial score (nSPS) is 11.2. The predicted octanol–water partition coefficient (Wildman–Crippen LogP) is 2.00. The molecule has 0 bridgehead atoms. The zero-order valence-corrected chi connectivity index (χ0v) is 7.85. The fourth-order valence-electron chi connectivity index (χ4n) is 1.09. The van der Waals surface area contributed by atoms with Gasteiger partial charge < -0.3 is 10.5 Å². The highest BCUT2D eigenvalue weighted by Crippen LogP contribution is 2.32.